The standard InChI is InChI=1S/C9H7ClO4/c1-5(11)14-6-2-3-7(9(12)13)8(10)4-6/h2-4H,1H3,(H,12,13). The third-order valence-electron chi connectivity index (χ3n) is 1.43. The number of carbonyl (C=O) groups excluding carboxylic acids is 1. The highest BCUT2D eigenvalue weighted by Crippen LogP contribution is 2.22. The van der Waals surface area contributed by atoms with Crippen molar-refractivity contribution >= 4 is 23.5 Å². The van der Waals surface area contributed by atoms with Crippen molar-refractivity contribution in [2.75, 3.05) is 0 Å². The van der Waals surface area contributed by atoms with Gasteiger partial charge in [-0.1, -0.05) is 11.6 Å². The number of ether oxygens (including phenoxy) is 1. The number of hydrogen-bond acceptors (Lipinski definition) is 3. The van der Waals surface area contributed by atoms with E-state index in [1.54, 1.807) is 0 Å². The summed E-state index contributed by atoms with van der Waals surface area (Å²) in [6.07, 6.45) is 0. The van der Waals surface area contributed by atoms with Crippen LogP contribution in [0.4, 0.5) is 0 Å². The lowest BCUT2D eigenvalue weighted by Crippen LogP contribution is -2.03. The molecule has 0 unspecified atom stereocenters. The fourth-order valence-corrected chi connectivity index (χ4v) is 1.15. The van der Waals surface area contributed by atoms with Crippen LogP contribution < -0.4 is 4.74 Å². The highest BCUT2D eigenvalue weighted by atomic mass is 35.5. The summed E-state index contributed by atoms with van der Waals surface area (Å²) in [5, 5.41) is 8.68. The normalized spacial score (nSPS) is 9.57. The molecule has 5 heteroatoms. The number of benzene rings is 1. The summed E-state index contributed by atoms with van der Waals surface area (Å²) < 4.78 is 4.71. The maximum absolute atomic E-state index is 10.6. The Hall–Kier alpha value is -1.55. The van der Waals surface area contributed by atoms with E-state index in [1.165, 1.54) is 25.1 Å². The van der Waals surface area contributed by atoms with Crippen LogP contribution in [0.1, 0.15) is 17.3 Å². The molecule has 0 radical (unpaired) electrons. The number of esters is 1. The first-order valence-corrected chi connectivity index (χ1v) is 4.10. The van der Waals surface area contributed by atoms with Gasteiger partial charge in [0.15, 0.2) is 0 Å². The first-order chi connectivity index (χ1) is 6.50. The van der Waals surface area contributed by atoms with Crippen LogP contribution in [0.3, 0.4) is 0 Å². The predicted molar refractivity (Wildman–Crippen MR) is 49.7 cm³/mol. The van der Waals surface area contributed by atoms with Gasteiger partial charge in [-0.25, -0.2) is 4.79 Å². The second-order valence-corrected chi connectivity index (χ2v) is 2.95. The average molecular weight is 215 g/mol. The quantitative estimate of drug-likeness (QED) is 0.604. The number of carboxylic acids is 1. The number of rotatable bonds is 2. The van der Waals surface area contributed by atoms with Gasteiger partial charge in [-0.05, 0) is 12.1 Å². The minimum Gasteiger partial charge on any atom is -0.478 e. The second-order valence-electron chi connectivity index (χ2n) is 2.54. The third-order valence-corrected chi connectivity index (χ3v) is 1.75. The van der Waals surface area contributed by atoms with Gasteiger partial charge in [0.1, 0.15) is 5.75 Å². The summed E-state index contributed by atoms with van der Waals surface area (Å²) in [4.78, 5) is 21.1. The molecule has 1 aromatic carbocycles. The molecule has 0 heterocycles. The lowest BCUT2D eigenvalue weighted by Gasteiger charge is -2.03. The van der Waals surface area contributed by atoms with Crippen LogP contribution in [0.15, 0.2) is 18.2 Å². The second kappa shape index (κ2) is 4.11. The van der Waals surface area contributed by atoms with E-state index in [0.717, 1.165) is 0 Å². The van der Waals surface area contributed by atoms with Crippen molar-refractivity contribution in [1.82, 2.24) is 0 Å². The Labute approximate surface area is 85.1 Å². The molecule has 0 aliphatic heterocycles. The minimum absolute atomic E-state index is 0.0254. The lowest BCUT2D eigenvalue weighted by atomic mass is 10.2. The third kappa shape index (κ3) is 2.47. The van der Waals surface area contributed by atoms with E-state index in [1.807, 2.05) is 0 Å². The van der Waals surface area contributed by atoms with Gasteiger partial charge in [-0.15, -0.1) is 0 Å². The summed E-state index contributed by atoms with van der Waals surface area (Å²) in [5.74, 6) is -1.37. The Balaban J connectivity index is 3.00. The van der Waals surface area contributed by atoms with Crippen LogP contribution in [-0.4, -0.2) is 17.0 Å². The van der Waals surface area contributed by atoms with E-state index in [9.17, 15) is 9.59 Å². The molecule has 4 nitrogen and oxygen atoms in total. The first-order valence-electron chi connectivity index (χ1n) is 3.72. The molecule has 74 valence electrons. The summed E-state index contributed by atoms with van der Waals surface area (Å²) in [5.41, 5.74) is -0.0254. The van der Waals surface area contributed by atoms with E-state index < -0.39 is 11.9 Å². The van der Waals surface area contributed by atoms with Crippen molar-refractivity contribution in [3.05, 3.63) is 28.8 Å². The molecule has 0 atom stereocenters. The largest absolute Gasteiger partial charge is 0.478 e. The summed E-state index contributed by atoms with van der Waals surface area (Å²) in [6, 6.07) is 3.94. The molecule has 0 saturated heterocycles. The first kappa shape index (κ1) is 10.5. The summed E-state index contributed by atoms with van der Waals surface area (Å²) >= 11 is 5.64. The molecule has 14 heavy (non-hydrogen) atoms. The van der Waals surface area contributed by atoms with E-state index in [2.05, 4.69) is 0 Å². The predicted octanol–water partition coefficient (Wildman–Crippen LogP) is 1.96. The van der Waals surface area contributed by atoms with Crippen LogP contribution in [0.5, 0.6) is 5.75 Å². The van der Waals surface area contributed by atoms with Gasteiger partial charge in [0.25, 0.3) is 0 Å². The van der Waals surface area contributed by atoms with Crippen LogP contribution in [0.2, 0.25) is 5.02 Å². The Morgan fingerprint density at radius 1 is 1.43 bits per heavy atom. The number of hydrogen-bond donors (Lipinski definition) is 1. The molecule has 0 aliphatic carbocycles. The Bertz CT molecular complexity index is 386. The highest BCUT2D eigenvalue weighted by molar-refractivity contribution is 6.33. The van der Waals surface area contributed by atoms with Crippen molar-refractivity contribution < 1.29 is 19.4 Å². The van der Waals surface area contributed by atoms with Crippen LogP contribution >= 0.6 is 11.6 Å². The molecule has 0 bridgehead atoms. The zero-order valence-electron chi connectivity index (χ0n) is 7.28. The number of aromatic carboxylic acids is 1. The number of carbonyl (C=O) groups is 2. The van der Waals surface area contributed by atoms with Gasteiger partial charge in [0, 0.05) is 13.0 Å². The molecule has 0 aromatic heterocycles. The maximum Gasteiger partial charge on any atom is 0.337 e. The van der Waals surface area contributed by atoms with E-state index in [0.29, 0.717) is 0 Å². The number of halogens is 1. The molecule has 0 saturated carbocycles. The monoisotopic (exact) mass is 214 g/mol. The molecule has 1 rings (SSSR count). The zero-order valence-corrected chi connectivity index (χ0v) is 8.04. The van der Waals surface area contributed by atoms with Crippen molar-refractivity contribution in [2.45, 2.75) is 6.92 Å². The Kier molecular flexibility index (Phi) is 3.09. The SMILES string of the molecule is CC(=O)Oc1ccc(C(=O)O)c(Cl)c1. The van der Waals surface area contributed by atoms with Crippen molar-refractivity contribution in [3.8, 4) is 5.75 Å². The van der Waals surface area contributed by atoms with Crippen molar-refractivity contribution in [2.24, 2.45) is 0 Å². The fourth-order valence-electron chi connectivity index (χ4n) is 0.899. The van der Waals surface area contributed by atoms with Crippen LogP contribution in [-0.2, 0) is 4.79 Å². The van der Waals surface area contributed by atoms with Gasteiger partial charge >= 0.3 is 11.9 Å². The topological polar surface area (TPSA) is 63.6 Å². The van der Waals surface area contributed by atoms with Gasteiger partial charge in [-0.2, -0.15) is 0 Å². The molecular weight excluding hydrogens is 208 g/mol. The maximum atomic E-state index is 10.6. The average Bonchev–Trinajstić information content (AvgIpc) is 2.01. The lowest BCUT2D eigenvalue weighted by molar-refractivity contribution is -0.131. The van der Waals surface area contributed by atoms with E-state index in [4.69, 9.17) is 21.4 Å². The molecule has 0 spiro atoms. The van der Waals surface area contributed by atoms with Crippen molar-refractivity contribution in [3.63, 3.8) is 0 Å². The fraction of sp³-hybridized carbons (Fsp3) is 0.111. The van der Waals surface area contributed by atoms with Crippen LogP contribution in [0.25, 0.3) is 0 Å². The van der Waals surface area contributed by atoms with Gasteiger partial charge < -0.3 is 9.84 Å². The molecule has 1 aromatic rings. The minimum atomic E-state index is -1.12. The molecular formula is C9H7ClO4. The van der Waals surface area contributed by atoms with E-state index in [-0.39, 0.29) is 16.3 Å². The summed E-state index contributed by atoms with van der Waals surface area (Å²) in [6.45, 7) is 1.25. The molecule has 1 N–H and O–H groups in total. The highest BCUT2D eigenvalue weighted by Gasteiger charge is 2.09. The Morgan fingerprint density at radius 2 is 2.07 bits per heavy atom. The Morgan fingerprint density at radius 3 is 2.50 bits per heavy atom. The molecule has 0 aliphatic rings. The van der Waals surface area contributed by atoms with Gasteiger partial charge in [0.05, 0.1) is 10.6 Å². The van der Waals surface area contributed by atoms with Gasteiger partial charge in [0.2, 0.25) is 0 Å². The number of carboxylic acid groups (broad SMARTS) is 1. The molecule has 0 amide bonds. The van der Waals surface area contributed by atoms with E-state index >= 15 is 0 Å². The molecule has 0 fully saturated rings. The van der Waals surface area contributed by atoms with Crippen LogP contribution in [0, 0.1) is 0 Å². The van der Waals surface area contributed by atoms with Gasteiger partial charge in [-0.3, -0.25) is 4.79 Å². The van der Waals surface area contributed by atoms with Crippen molar-refractivity contribution in [1.29, 1.82) is 0 Å². The zero-order chi connectivity index (χ0) is 10.7. The smallest absolute Gasteiger partial charge is 0.337 e. The summed E-state index contributed by atoms with van der Waals surface area (Å²) in [7, 11) is 0.